The summed E-state index contributed by atoms with van der Waals surface area (Å²) in [5, 5.41) is 2.87. The highest BCUT2D eigenvalue weighted by molar-refractivity contribution is 5.87. The highest BCUT2D eigenvalue weighted by Crippen LogP contribution is 2.19. The van der Waals surface area contributed by atoms with Gasteiger partial charge in [0.25, 0.3) is 0 Å². The lowest BCUT2D eigenvalue weighted by Crippen LogP contribution is -2.48. The molecule has 0 spiro atoms. The Morgan fingerprint density at radius 2 is 1.76 bits per heavy atom. The maximum atomic E-state index is 12.4. The van der Waals surface area contributed by atoms with Crippen molar-refractivity contribution < 1.29 is 9.53 Å². The number of rotatable bonds is 5. The molecule has 0 heterocycles. The van der Waals surface area contributed by atoms with Crippen molar-refractivity contribution in [1.29, 1.82) is 0 Å². The van der Waals surface area contributed by atoms with E-state index in [0.717, 1.165) is 16.9 Å². The third kappa shape index (κ3) is 3.41. The summed E-state index contributed by atoms with van der Waals surface area (Å²) in [5.74, 6) is 0.524. The molecule has 0 aromatic heterocycles. The summed E-state index contributed by atoms with van der Waals surface area (Å²) in [7, 11) is 1.61. The lowest BCUT2D eigenvalue weighted by Gasteiger charge is -2.24. The van der Waals surface area contributed by atoms with Gasteiger partial charge in [-0.15, -0.1) is 0 Å². The van der Waals surface area contributed by atoms with E-state index in [-0.39, 0.29) is 5.91 Å². The maximum absolute atomic E-state index is 12.4. The molecule has 0 saturated carbocycles. The number of ether oxygens (including phenoxy) is 1. The minimum atomic E-state index is -1.07. The van der Waals surface area contributed by atoms with Crippen LogP contribution in [0.2, 0.25) is 0 Å². The fourth-order valence-electron chi connectivity index (χ4n) is 2.12. The van der Waals surface area contributed by atoms with E-state index in [1.807, 2.05) is 54.6 Å². The van der Waals surface area contributed by atoms with Gasteiger partial charge in [0.1, 0.15) is 11.3 Å². The van der Waals surface area contributed by atoms with Crippen molar-refractivity contribution in [2.24, 2.45) is 5.73 Å². The molecule has 4 heteroatoms. The quantitative estimate of drug-likeness (QED) is 0.884. The van der Waals surface area contributed by atoms with Crippen LogP contribution < -0.4 is 15.8 Å². The Kier molecular flexibility index (Phi) is 4.60. The van der Waals surface area contributed by atoms with Crippen molar-refractivity contribution in [2.45, 2.75) is 19.0 Å². The smallest absolute Gasteiger partial charge is 0.244 e. The van der Waals surface area contributed by atoms with Crippen molar-refractivity contribution in [3.63, 3.8) is 0 Å². The average Bonchev–Trinajstić information content (AvgIpc) is 2.53. The number of nitrogens with two attached hydrogens (primary N) is 1. The number of nitrogens with one attached hydrogen (secondary N) is 1. The predicted molar refractivity (Wildman–Crippen MR) is 82.8 cm³/mol. The van der Waals surface area contributed by atoms with E-state index in [2.05, 4.69) is 5.32 Å². The van der Waals surface area contributed by atoms with Gasteiger partial charge in [-0.2, -0.15) is 0 Å². The molecule has 1 amide bonds. The van der Waals surface area contributed by atoms with Crippen LogP contribution in [0.1, 0.15) is 18.1 Å². The highest BCUT2D eigenvalue weighted by Gasteiger charge is 2.30. The van der Waals surface area contributed by atoms with Gasteiger partial charge in [-0.1, -0.05) is 48.5 Å². The number of amides is 1. The van der Waals surface area contributed by atoms with E-state index in [4.69, 9.17) is 10.5 Å². The zero-order chi connectivity index (χ0) is 15.3. The average molecular weight is 284 g/mol. The molecule has 0 fully saturated rings. The van der Waals surface area contributed by atoms with Crippen LogP contribution in [-0.4, -0.2) is 13.0 Å². The fraction of sp³-hybridized carbons (Fsp3) is 0.235. The molecule has 4 nitrogen and oxygen atoms in total. The van der Waals surface area contributed by atoms with Crippen LogP contribution in [0.15, 0.2) is 54.6 Å². The zero-order valence-corrected chi connectivity index (χ0v) is 12.3. The van der Waals surface area contributed by atoms with E-state index in [9.17, 15) is 4.79 Å². The summed E-state index contributed by atoms with van der Waals surface area (Å²) >= 11 is 0. The summed E-state index contributed by atoms with van der Waals surface area (Å²) in [6, 6.07) is 16.9. The number of carbonyl (C=O) groups excluding carboxylic acids is 1. The molecule has 0 aliphatic carbocycles. The van der Waals surface area contributed by atoms with Crippen LogP contribution in [0.5, 0.6) is 5.75 Å². The molecule has 0 aliphatic rings. The number of hydrogen-bond donors (Lipinski definition) is 2. The molecule has 2 aromatic rings. The van der Waals surface area contributed by atoms with Gasteiger partial charge < -0.3 is 15.8 Å². The molecule has 2 rings (SSSR count). The number of hydrogen-bond acceptors (Lipinski definition) is 3. The largest absolute Gasteiger partial charge is 0.496 e. The first-order valence-corrected chi connectivity index (χ1v) is 6.80. The van der Waals surface area contributed by atoms with Gasteiger partial charge in [0.2, 0.25) is 5.91 Å². The van der Waals surface area contributed by atoms with Crippen LogP contribution in [0.4, 0.5) is 0 Å². The van der Waals surface area contributed by atoms with Crippen molar-refractivity contribution in [2.75, 3.05) is 7.11 Å². The fourth-order valence-corrected chi connectivity index (χ4v) is 2.12. The third-order valence-electron chi connectivity index (χ3n) is 3.48. The molecular weight excluding hydrogens is 264 g/mol. The minimum absolute atomic E-state index is 0.223. The van der Waals surface area contributed by atoms with Crippen LogP contribution in [0.25, 0.3) is 0 Å². The Bertz CT molecular complexity index is 609. The molecule has 1 unspecified atom stereocenters. The topological polar surface area (TPSA) is 64.3 Å². The standard InChI is InChI=1S/C17H20N2O2/c1-17(18,14-9-4-3-5-10-14)16(20)19-12-13-8-6-7-11-15(13)21-2/h3-11H,12,18H2,1-2H3,(H,19,20). The molecule has 3 N–H and O–H groups in total. The normalized spacial score (nSPS) is 13.3. The molecule has 0 bridgehead atoms. The summed E-state index contributed by atoms with van der Waals surface area (Å²) < 4.78 is 5.27. The molecule has 2 aromatic carbocycles. The Morgan fingerprint density at radius 1 is 1.14 bits per heavy atom. The number of para-hydroxylation sites is 1. The van der Waals surface area contributed by atoms with E-state index >= 15 is 0 Å². The van der Waals surface area contributed by atoms with Gasteiger partial charge in [0.15, 0.2) is 0 Å². The van der Waals surface area contributed by atoms with Crippen molar-refractivity contribution >= 4 is 5.91 Å². The van der Waals surface area contributed by atoms with E-state index in [1.54, 1.807) is 14.0 Å². The molecule has 0 saturated heterocycles. The third-order valence-corrected chi connectivity index (χ3v) is 3.48. The molecule has 21 heavy (non-hydrogen) atoms. The molecular formula is C17H20N2O2. The maximum Gasteiger partial charge on any atom is 0.244 e. The Labute approximate surface area is 124 Å². The first kappa shape index (κ1) is 15.1. The second-order valence-corrected chi connectivity index (χ2v) is 5.06. The van der Waals surface area contributed by atoms with Gasteiger partial charge in [0.05, 0.1) is 7.11 Å². The van der Waals surface area contributed by atoms with E-state index in [1.165, 1.54) is 0 Å². The monoisotopic (exact) mass is 284 g/mol. The molecule has 110 valence electrons. The van der Waals surface area contributed by atoms with Gasteiger partial charge in [-0.25, -0.2) is 0 Å². The summed E-state index contributed by atoms with van der Waals surface area (Å²) in [6.45, 7) is 2.09. The van der Waals surface area contributed by atoms with Crippen LogP contribution in [0, 0.1) is 0 Å². The van der Waals surface area contributed by atoms with E-state index in [0.29, 0.717) is 6.54 Å². The van der Waals surface area contributed by atoms with Crippen LogP contribution in [0.3, 0.4) is 0 Å². The first-order chi connectivity index (χ1) is 10.1. The number of methoxy groups -OCH3 is 1. The highest BCUT2D eigenvalue weighted by atomic mass is 16.5. The van der Waals surface area contributed by atoms with Crippen molar-refractivity contribution in [3.8, 4) is 5.75 Å². The Hall–Kier alpha value is -2.33. The van der Waals surface area contributed by atoms with Gasteiger partial charge in [-0.3, -0.25) is 4.79 Å². The summed E-state index contributed by atoms with van der Waals surface area (Å²) in [6.07, 6.45) is 0. The second-order valence-electron chi connectivity index (χ2n) is 5.06. The molecule has 0 radical (unpaired) electrons. The lowest BCUT2D eigenvalue weighted by molar-refractivity contribution is -0.126. The molecule has 1 atom stereocenters. The summed E-state index contributed by atoms with van der Waals surface area (Å²) in [5.41, 5.74) is 6.80. The Morgan fingerprint density at radius 3 is 2.43 bits per heavy atom. The first-order valence-electron chi connectivity index (χ1n) is 6.80. The Balaban J connectivity index is 2.08. The SMILES string of the molecule is COc1ccccc1CNC(=O)C(C)(N)c1ccccc1. The van der Waals surface area contributed by atoms with Crippen LogP contribution >= 0.6 is 0 Å². The minimum Gasteiger partial charge on any atom is -0.496 e. The van der Waals surface area contributed by atoms with Gasteiger partial charge in [-0.05, 0) is 18.6 Å². The van der Waals surface area contributed by atoms with Gasteiger partial charge in [0, 0.05) is 12.1 Å². The lowest BCUT2D eigenvalue weighted by atomic mass is 9.92. The predicted octanol–water partition coefficient (Wildman–Crippen LogP) is 2.19. The van der Waals surface area contributed by atoms with Crippen molar-refractivity contribution in [3.05, 3.63) is 65.7 Å². The molecule has 0 aliphatic heterocycles. The van der Waals surface area contributed by atoms with Crippen molar-refractivity contribution in [1.82, 2.24) is 5.32 Å². The van der Waals surface area contributed by atoms with Gasteiger partial charge >= 0.3 is 0 Å². The van der Waals surface area contributed by atoms with E-state index < -0.39 is 5.54 Å². The number of benzene rings is 2. The summed E-state index contributed by atoms with van der Waals surface area (Å²) in [4.78, 5) is 12.4. The second kappa shape index (κ2) is 6.41. The number of carbonyl (C=O) groups is 1. The van der Waals surface area contributed by atoms with Crippen LogP contribution in [-0.2, 0) is 16.9 Å². The zero-order valence-electron chi connectivity index (χ0n) is 12.3.